The molecule has 0 bridgehead atoms. The summed E-state index contributed by atoms with van der Waals surface area (Å²) >= 11 is 0. The maximum atomic E-state index is 12.3. The smallest absolute Gasteiger partial charge is 0.0925 e. The highest BCUT2D eigenvalue weighted by Crippen LogP contribution is 2.41. The van der Waals surface area contributed by atoms with E-state index in [0.29, 0.717) is 17.3 Å². The van der Waals surface area contributed by atoms with Crippen molar-refractivity contribution >= 4 is 0 Å². The minimum absolute atomic E-state index is 0.0965. The van der Waals surface area contributed by atoms with Gasteiger partial charge >= 0.3 is 0 Å². The zero-order chi connectivity index (χ0) is 8.48. The Kier molecular flexibility index (Phi) is 2.56. The Morgan fingerprint density at radius 1 is 1.18 bits per heavy atom. The van der Waals surface area contributed by atoms with E-state index in [1.54, 1.807) is 0 Å². The molecule has 1 fully saturated rings. The van der Waals surface area contributed by atoms with Crippen LogP contribution < -0.4 is 0 Å². The molecule has 0 aromatic carbocycles. The summed E-state index contributed by atoms with van der Waals surface area (Å²) in [6.07, 6.45) is 3.57. The van der Waals surface area contributed by atoms with Crippen molar-refractivity contribution in [1.29, 1.82) is 0 Å². The maximum Gasteiger partial charge on any atom is 0.0925 e. The molecule has 0 heterocycles. The number of halogens is 1. The molecule has 2 unspecified atom stereocenters. The second-order valence-electron chi connectivity index (χ2n) is 5.02. The van der Waals surface area contributed by atoms with E-state index < -0.39 is 0 Å². The minimum Gasteiger partial charge on any atom is -0.251 e. The van der Waals surface area contributed by atoms with Gasteiger partial charge in [0.15, 0.2) is 0 Å². The summed E-state index contributed by atoms with van der Waals surface area (Å²) in [7, 11) is 0. The van der Waals surface area contributed by atoms with Gasteiger partial charge in [-0.3, -0.25) is 4.39 Å². The van der Waals surface area contributed by atoms with Crippen LogP contribution in [0.1, 0.15) is 40.0 Å². The summed E-state index contributed by atoms with van der Waals surface area (Å²) < 4.78 is 12.3. The van der Waals surface area contributed by atoms with E-state index in [0.717, 1.165) is 6.42 Å². The lowest BCUT2D eigenvalue weighted by atomic mass is 9.67. The molecule has 0 aliphatic heterocycles. The number of hydrogen-bond donors (Lipinski definition) is 0. The first-order valence-electron chi connectivity index (χ1n) is 4.59. The number of alkyl halides is 1. The van der Waals surface area contributed by atoms with Crippen molar-refractivity contribution in [3.05, 3.63) is 0 Å². The van der Waals surface area contributed by atoms with Gasteiger partial charge in [0, 0.05) is 0 Å². The van der Waals surface area contributed by atoms with Crippen LogP contribution in [0.3, 0.4) is 0 Å². The van der Waals surface area contributed by atoms with Crippen LogP contribution in [0.2, 0.25) is 0 Å². The van der Waals surface area contributed by atoms with Gasteiger partial charge in [0.25, 0.3) is 0 Å². The van der Waals surface area contributed by atoms with Crippen LogP contribution in [-0.2, 0) is 0 Å². The summed E-state index contributed by atoms with van der Waals surface area (Å²) in [6, 6.07) is 0. The van der Waals surface area contributed by atoms with E-state index in [-0.39, 0.29) is 6.67 Å². The van der Waals surface area contributed by atoms with Crippen molar-refractivity contribution in [1.82, 2.24) is 0 Å². The summed E-state index contributed by atoms with van der Waals surface area (Å²) in [5.41, 5.74) is 0.387. The van der Waals surface area contributed by atoms with Gasteiger partial charge in [0.05, 0.1) is 6.67 Å². The number of hydrogen-bond acceptors (Lipinski definition) is 0. The van der Waals surface area contributed by atoms with Crippen molar-refractivity contribution in [3.63, 3.8) is 0 Å². The van der Waals surface area contributed by atoms with Gasteiger partial charge in [-0.15, -0.1) is 0 Å². The lowest BCUT2D eigenvalue weighted by molar-refractivity contribution is 0.0935. The summed E-state index contributed by atoms with van der Waals surface area (Å²) in [5, 5.41) is 0. The molecular weight excluding hydrogens is 139 g/mol. The second kappa shape index (κ2) is 3.12. The van der Waals surface area contributed by atoms with Gasteiger partial charge in [-0.2, -0.15) is 0 Å². The summed E-state index contributed by atoms with van der Waals surface area (Å²) in [5.74, 6) is 1.08. The van der Waals surface area contributed by atoms with Crippen molar-refractivity contribution in [2.75, 3.05) is 6.67 Å². The molecule has 1 heteroatoms. The highest BCUT2D eigenvalue weighted by molar-refractivity contribution is 4.83. The van der Waals surface area contributed by atoms with Gasteiger partial charge < -0.3 is 0 Å². The average Bonchev–Trinajstić information content (AvgIpc) is 1.80. The summed E-state index contributed by atoms with van der Waals surface area (Å²) in [6.45, 7) is 6.61. The third-order valence-electron chi connectivity index (χ3n) is 2.65. The standard InChI is InChI=1S/C10H19F/c1-10(2,3)6-8-4-5-9(8)7-11/h8-9H,4-7H2,1-3H3. The average molecular weight is 158 g/mol. The molecular formula is C10H19F. The first kappa shape index (κ1) is 9.02. The molecule has 0 aromatic rings. The van der Waals surface area contributed by atoms with E-state index in [2.05, 4.69) is 20.8 Å². The Balaban J connectivity index is 2.27. The van der Waals surface area contributed by atoms with Crippen LogP contribution in [-0.4, -0.2) is 6.67 Å². The second-order valence-corrected chi connectivity index (χ2v) is 5.02. The Labute approximate surface area is 69.2 Å². The van der Waals surface area contributed by atoms with Gasteiger partial charge in [-0.05, 0) is 36.5 Å². The molecule has 1 saturated carbocycles. The Morgan fingerprint density at radius 3 is 2.00 bits per heavy atom. The number of rotatable bonds is 2. The lowest BCUT2D eigenvalue weighted by Gasteiger charge is -2.38. The molecule has 1 rings (SSSR count). The van der Waals surface area contributed by atoms with Crippen LogP contribution in [0.5, 0.6) is 0 Å². The predicted molar refractivity (Wildman–Crippen MR) is 46.3 cm³/mol. The molecule has 2 atom stereocenters. The van der Waals surface area contributed by atoms with Gasteiger partial charge in [0.2, 0.25) is 0 Å². The molecule has 0 aromatic heterocycles. The quantitative estimate of drug-likeness (QED) is 0.577. The zero-order valence-electron chi connectivity index (χ0n) is 7.86. The monoisotopic (exact) mass is 158 g/mol. The molecule has 11 heavy (non-hydrogen) atoms. The van der Waals surface area contributed by atoms with Crippen LogP contribution in [0.15, 0.2) is 0 Å². The molecule has 1 aliphatic carbocycles. The van der Waals surface area contributed by atoms with E-state index in [1.165, 1.54) is 12.8 Å². The first-order valence-corrected chi connectivity index (χ1v) is 4.59. The van der Waals surface area contributed by atoms with Gasteiger partial charge in [0.1, 0.15) is 0 Å². The fourth-order valence-electron chi connectivity index (χ4n) is 1.90. The van der Waals surface area contributed by atoms with Crippen molar-refractivity contribution in [3.8, 4) is 0 Å². The van der Waals surface area contributed by atoms with E-state index in [1.807, 2.05) is 0 Å². The van der Waals surface area contributed by atoms with Gasteiger partial charge in [-0.1, -0.05) is 20.8 Å². The topological polar surface area (TPSA) is 0 Å². The predicted octanol–water partition coefficient (Wildman–Crippen LogP) is 3.42. The Bertz CT molecular complexity index is 121. The molecule has 66 valence electrons. The maximum absolute atomic E-state index is 12.3. The van der Waals surface area contributed by atoms with Crippen LogP contribution in [0.4, 0.5) is 4.39 Å². The first-order chi connectivity index (χ1) is 5.03. The van der Waals surface area contributed by atoms with Crippen molar-refractivity contribution in [2.45, 2.75) is 40.0 Å². The van der Waals surface area contributed by atoms with E-state index in [4.69, 9.17) is 0 Å². The highest BCUT2D eigenvalue weighted by Gasteiger charge is 2.33. The molecule has 0 saturated heterocycles. The minimum atomic E-state index is -0.0965. The van der Waals surface area contributed by atoms with Crippen LogP contribution >= 0.6 is 0 Å². The molecule has 1 aliphatic rings. The van der Waals surface area contributed by atoms with Crippen molar-refractivity contribution in [2.24, 2.45) is 17.3 Å². The highest BCUT2D eigenvalue weighted by atomic mass is 19.1. The molecule has 0 spiro atoms. The largest absolute Gasteiger partial charge is 0.251 e. The Morgan fingerprint density at radius 2 is 1.73 bits per heavy atom. The molecule has 0 amide bonds. The van der Waals surface area contributed by atoms with Crippen LogP contribution in [0.25, 0.3) is 0 Å². The normalized spacial score (nSPS) is 31.6. The lowest BCUT2D eigenvalue weighted by Crippen LogP contribution is -2.30. The molecule has 0 N–H and O–H groups in total. The van der Waals surface area contributed by atoms with Crippen molar-refractivity contribution < 1.29 is 4.39 Å². The fraction of sp³-hybridized carbons (Fsp3) is 1.00. The molecule has 0 nitrogen and oxygen atoms in total. The summed E-state index contributed by atoms with van der Waals surface area (Å²) in [4.78, 5) is 0. The van der Waals surface area contributed by atoms with E-state index in [9.17, 15) is 4.39 Å². The Hall–Kier alpha value is -0.0700. The fourth-order valence-corrected chi connectivity index (χ4v) is 1.90. The third kappa shape index (κ3) is 2.46. The zero-order valence-corrected chi connectivity index (χ0v) is 7.86. The van der Waals surface area contributed by atoms with Gasteiger partial charge in [-0.25, -0.2) is 0 Å². The molecule has 0 radical (unpaired) electrons. The van der Waals surface area contributed by atoms with Crippen LogP contribution in [0, 0.1) is 17.3 Å². The SMILES string of the molecule is CC(C)(C)CC1CCC1CF. The third-order valence-corrected chi connectivity index (χ3v) is 2.65. The van der Waals surface area contributed by atoms with E-state index >= 15 is 0 Å².